The van der Waals surface area contributed by atoms with Gasteiger partial charge in [-0.15, -0.1) is 0 Å². The van der Waals surface area contributed by atoms with Crippen LogP contribution in [-0.2, 0) is 12.0 Å². The Bertz CT molecular complexity index is 565. The summed E-state index contributed by atoms with van der Waals surface area (Å²) in [5.41, 5.74) is 2.49. The van der Waals surface area contributed by atoms with Crippen LogP contribution in [0.5, 0.6) is 0 Å². The van der Waals surface area contributed by atoms with Crippen LogP contribution in [0.15, 0.2) is 48.5 Å². The zero-order valence-electron chi connectivity index (χ0n) is 12.6. The minimum absolute atomic E-state index is 0.0441. The molecule has 2 N–H and O–H groups in total. The van der Waals surface area contributed by atoms with Crippen LogP contribution < -0.4 is 5.32 Å². The SMILES string of the molecule is CCCc1ccc(C(C)(CO)Nc2ccc(F)cc2)cc1. The van der Waals surface area contributed by atoms with Crippen molar-refractivity contribution in [2.45, 2.75) is 32.2 Å². The second-order valence-corrected chi connectivity index (χ2v) is 5.57. The fraction of sp³-hybridized carbons (Fsp3) is 0.333. The van der Waals surface area contributed by atoms with Crippen LogP contribution in [0.1, 0.15) is 31.4 Å². The first-order valence-electron chi connectivity index (χ1n) is 7.31. The molecule has 1 atom stereocenters. The summed E-state index contributed by atoms with van der Waals surface area (Å²) in [4.78, 5) is 0. The number of aliphatic hydroxyl groups excluding tert-OH is 1. The van der Waals surface area contributed by atoms with Gasteiger partial charge in [0.05, 0.1) is 12.1 Å². The molecule has 0 saturated heterocycles. The minimum atomic E-state index is -0.595. The van der Waals surface area contributed by atoms with Crippen LogP contribution >= 0.6 is 0 Å². The minimum Gasteiger partial charge on any atom is -0.394 e. The lowest BCUT2D eigenvalue weighted by Gasteiger charge is -2.30. The van der Waals surface area contributed by atoms with E-state index in [1.165, 1.54) is 17.7 Å². The molecule has 0 bridgehead atoms. The van der Waals surface area contributed by atoms with Gasteiger partial charge in [0, 0.05) is 5.69 Å². The van der Waals surface area contributed by atoms with E-state index in [-0.39, 0.29) is 12.4 Å². The van der Waals surface area contributed by atoms with Crippen molar-refractivity contribution in [1.82, 2.24) is 0 Å². The van der Waals surface area contributed by atoms with Gasteiger partial charge < -0.3 is 10.4 Å². The topological polar surface area (TPSA) is 32.3 Å². The molecule has 0 amide bonds. The number of halogens is 1. The van der Waals surface area contributed by atoms with Crippen molar-refractivity contribution in [3.8, 4) is 0 Å². The molecule has 0 radical (unpaired) electrons. The third-order valence-corrected chi connectivity index (χ3v) is 3.71. The second-order valence-electron chi connectivity index (χ2n) is 5.57. The Kier molecular flexibility index (Phi) is 4.97. The van der Waals surface area contributed by atoms with E-state index in [4.69, 9.17) is 0 Å². The Morgan fingerprint density at radius 1 is 1.05 bits per heavy atom. The molecule has 112 valence electrons. The number of rotatable bonds is 6. The third-order valence-electron chi connectivity index (χ3n) is 3.71. The van der Waals surface area contributed by atoms with Crippen LogP contribution in [0.3, 0.4) is 0 Å². The molecule has 0 saturated carbocycles. The monoisotopic (exact) mass is 287 g/mol. The maximum Gasteiger partial charge on any atom is 0.123 e. The molecule has 0 aliphatic rings. The summed E-state index contributed by atoms with van der Waals surface area (Å²) in [5.74, 6) is -0.268. The lowest BCUT2D eigenvalue weighted by Crippen LogP contribution is -2.35. The summed E-state index contributed by atoms with van der Waals surface area (Å²) in [6.45, 7) is 4.05. The number of hydrogen-bond acceptors (Lipinski definition) is 2. The van der Waals surface area contributed by atoms with E-state index in [0.29, 0.717) is 0 Å². The lowest BCUT2D eigenvalue weighted by molar-refractivity contribution is 0.224. The van der Waals surface area contributed by atoms with Crippen LogP contribution in [0.25, 0.3) is 0 Å². The Morgan fingerprint density at radius 3 is 2.19 bits per heavy atom. The largest absolute Gasteiger partial charge is 0.394 e. The highest BCUT2D eigenvalue weighted by Crippen LogP contribution is 2.26. The molecule has 0 aliphatic carbocycles. The number of nitrogens with one attached hydrogen (secondary N) is 1. The van der Waals surface area contributed by atoms with Gasteiger partial charge in [-0.1, -0.05) is 37.6 Å². The normalized spacial score (nSPS) is 13.7. The van der Waals surface area contributed by atoms with Gasteiger partial charge in [0.15, 0.2) is 0 Å². The van der Waals surface area contributed by atoms with E-state index >= 15 is 0 Å². The number of aliphatic hydroxyl groups is 1. The molecule has 0 aliphatic heterocycles. The molecule has 2 nitrogen and oxygen atoms in total. The van der Waals surface area contributed by atoms with Gasteiger partial charge in [-0.05, 0) is 48.7 Å². The van der Waals surface area contributed by atoms with Gasteiger partial charge >= 0.3 is 0 Å². The molecule has 0 aromatic heterocycles. The van der Waals surface area contributed by atoms with E-state index in [9.17, 15) is 9.50 Å². The summed E-state index contributed by atoms with van der Waals surface area (Å²) in [6, 6.07) is 14.4. The maximum absolute atomic E-state index is 13.0. The quantitative estimate of drug-likeness (QED) is 0.838. The molecule has 0 fully saturated rings. The predicted octanol–water partition coefficient (Wildman–Crippen LogP) is 4.10. The van der Waals surface area contributed by atoms with E-state index in [1.54, 1.807) is 12.1 Å². The average Bonchev–Trinajstić information content (AvgIpc) is 2.50. The van der Waals surface area contributed by atoms with Gasteiger partial charge in [0.25, 0.3) is 0 Å². The Hall–Kier alpha value is -1.87. The van der Waals surface area contributed by atoms with Gasteiger partial charge in [-0.2, -0.15) is 0 Å². The van der Waals surface area contributed by atoms with Crippen molar-refractivity contribution in [2.24, 2.45) is 0 Å². The van der Waals surface area contributed by atoms with Crippen molar-refractivity contribution in [2.75, 3.05) is 11.9 Å². The molecule has 1 unspecified atom stereocenters. The highest BCUT2D eigenvalue weighted by molar-refractivity contribution is 5.48. The van der Waals surface area contributed by atoms with Crippen LogP contribution in [-0.4, -0.2) is 11.7 Å². The predicted molar refractivity (Wildman–Crippen MR) is 84.9 cm³/mol. The van der Waals surface area contributed by atoms with Gasteiger partial charge in [0.1, 0.15) is 5.82 Å². The molecule has 21 heavy (non-hydrogen) atoms. The van der Waals surface area contributed by atoms with Crippen LogP contribution in [0.2, 0.25) is 0 Å². The fourth-order valence-corrected chi connectivity index (χ4v) is 2.38. The van der Waals surface area contributed by atoms with Crippen LogP contribution in [0, 0.1) is 5.82 Å². The van der Waals surface area contributed by atoms with Crippen LogP contribution in [0.4, 0.5) is 10.1 Å². The lowest BCUT2D eigenvalue weighted by atomic mass is 9.91. The first-order valence-corrected chi connectivity index (χ1v) is 7.31. The maximum atomic E-state index is 13.0. The molecular formula is C18H22FNO. The van der Waals surface area contributed by atoms with Crippen molar-refractivity contribution in [3.05, 3.63) is 65.5 Å². The second kappa shape index (κ2) is 6.72. The van der Waals surface area contributed by atoms with Gasteiger partial charge in [-0.3, -0.25) is 0 Å². The smallest absolute Gasteiger partial charge is 0.123 e. The average molecular weight is 287 g/mol. The third kappa shape index (κ3) is 3.82. The fourth-order valence-electron chi connectivity index (χ4n) is 2.38. The van der Waals surface area contributed by atoms with E-state index in [2.05, 4.69) is 24.4 Å². The van der Waals surface area contributed by atoms with E-state index < -0.39 is 5.54 Å². The van der Waals surface area contributed by atoms with Gasteiger partial charge in [0.2, 0.25) is 0 Å². The summed E-state index contributed by atoms with van der Waals surface area (Å²) < 4.78 is 13.0. The molecule has 2 aromatic carbocycles. The number of benzene rings is 2. The van der Waals surface area contributed by atoms with Gasteiger partial charge in [-0.25, -0.2) is 4.39 Å². The standard InChI is InChI=1S/C18H22FNO/c1-3-4-14-5-7-15(8-6-14)18(2,13-21)20-17-11-9-16(19)10-12-17/h5-12,20-21H,3-4,13H2,1-2H3. The summed E-state index contributed by atoms with van der Waals surface area (Å²) in [5, 5.41) is 13.1. The molecular weight excluding hydrogens is 265 g/mol. The summed E-state index contributed by atoms with van der Waals surface area (Å²) in [7, 11) is 0. The number of aryl methyl sites for hydroxylation is 1. The zero-order valence-corrected chi connectivity index (χ0v) is 12.6. The summed E-state index contributed by atoms with van der Waals surface area (Å²) in [6.07, 6.45) is 2.17. The summed E-state index contributed by atoms with van der Waals surface area (Å²) >= 11 is 0. The van der Waals surface area contributed by atoms with E-state index in [1.807, 2.05) is 19.1 Å². The first-order chi connectivity index (χ1) is 10.1. The molecule has 0 spiro atoms. The molecule has 2 aromatic rings. The van der Waals surface area contributed by atoms with Crippen molar-refractivity contribution < 1.29 is 9.50 Å². The van der Waals surface area contributed by atoms with Crippen molar-refractivity contribution in [1.29, 1.82) is 0 Å². The molecule has 2 rings (SSSR count). The van der Waals surface area contributed by atoms with Crippen molar-refractivity contribution in [3.63, 3.8) is 0 Å². The number of hydrogen-bond donors (Lipinski definition) is 2. The number of anilines is 1. The first kappa shape index (κ1) is 15.5. The Morgan fingerprint density at radius 2 is 1.67 bits per heavy atom. The Labute approximate surface area is 125 Å². The molecule has 3 heteroatoms. The van der Waals surface area contributed by atoms with E-state index in [0.717, 1.165) is 24.1 Å². The highest BCUT2D eigenvalue weighted by atomic mass is 19.1. The van der Waals surface area contributed by atoms with Crippen molar-refractivity contribution >= 4 is 5.69 Å². The highest BCUT2D eigenvalue weighted by Gasteiger charge is 2.25. The zero-order chi connectivity index (χ0) is 15.3. The Balaban J connectivity index is 2.21. The molecule has 0 heterocycles.